The van der Waals surface area contributed by atoms with Crippen LogP contribution in [0.3, 0.4) is 0 Å². The summed E-state index contributed by atoms with van der Waals surface area (Å²) in [6.07, 6.45) is 6.19. The normalized spacial score (nSPS) is 32.2. The molecule has 2 aromatic rings. The van der Waals surface area contributed by atoms with Gasteiger partial charge in [0.05, 0.1) is 6.10 Å². The Kier molecular flexibility index (Phi) is 5.26. The van der Waals surface area contributed by atoms with E-state index < -0.39 is 19.4 Å². The Morgan fingerprint density at radius 1 is 0.973 bits per heavy atom. The second-order valence-electron chi connectivity index (χ2n) is 13.1. The summed E-state index contributed by atoms with van der Waals surface area (Å²) in [7, 11) is -2.80. The molecule has 4 atom stereocenters. The number of piperazine rings is 1. The van der Waals surface area contributed by atoms with E-state index in [2.05, 4.69) is 107 Å². The summed E-state index contributed by atoms with van der Waals surface area (Å²) in [4.78, 5) is 29.1. The first-order valence-corrected chi connectivity index (χ1v) is 15.5. The van der Waals surface area contributed by atoms with Crippen molar-refractivity contribution >= 4 is 30.5 Å². The maximum Gasteiger partial charge on any atom is 0.261 e. The first-order chi connectivity index (χ1) is 17.5. The SMILES string of the molecule is CC1(C)C(O[Si](c2ccccc2)(c2ccccc2)C(C)(C)C)C=CC23NC(=O)C4(CCCN4C2=O)CC31. The highest BCUT2D eigenvalue weighted by Gasteiger charge is 2.72. The van der Waals surface area contributed by atoms with Gasteiger partial charge >= 0.3 is 0 Å². The molecule has 4 saturated heterocycles. The van der Waals surface area contributed by atoms with Crippen molar-refractivity contribution in [3.63, 3.8) is 0 Å². The molecule has 4 heterocycles. The van der Waals surface area contributed by atoms with E-state index in [1.165, 1.54) is 10.4 Å². The molecule has 5 nitrogen and oxygen atoms in total. The van der Waals surface area contributed by atoms with Crippen LogP contribution in [-0.2, 0) is 14.0 Å². The van der Waals surface area contributed by atoms with E-state index in [1.54, 1.807) is 0 Å². The summed E-state index contributed by atoms with van der Waals surface area (Å²) >= 11 is 0. The molecule has 6 heteroatoms. The van der Waals surface area contributed by atoms with Crippen LogP contribution in [0.1, 0.15) is 53.9 Å². The summed E-state index contributed by atoms with van der Waals surface area (Å²) in [6.45, 7) is 12.0. The summed E-state index contributed by atoms with van der Waals surface area (Å²) in [5.74, 6) is 0.0505. The molecule has 1 aliphatic carbocycles. The topological polar surface area (TPSA) is 58.6 Å². The number of piperidine rings is 2. The molecule has 0 aromatic heterocycles. The Hall–Kier alpha value is -2.70. The zero-order chi connectivity index (χ0) is 26.3. The van der Waals surface area contributed by atoms with E-state index in [1.807, 2.05) is 11.0 Å². The second-order valence-corrected chi connectivity index (χ2v) is 17.3. The Morgan fingerprint density at radius 2 is 1.57 bits per heavy atom. The van der Waals surface area contributed by atoms with E-state index in [4.69, 9.17) is 4.43 Å². The third-order valence-electron chi connectivity index (χ3n) is 9.81. The summed E-state index contributed by atoms with van der Waals surface area (Å²) in [6, 6.07) is 21.4. The predicted octanol–water partition coefficient (Wildman–Crippen LogP) is 3.78. The lowest BCUT2D eigenvalue weighted by molar-refractivity contribution is -0.180. The number of amides is 2. The lowest BCUT2D eigenvalue weighted by atomic mass is 9.53. The molecule has 0 radical (unpaired) electrons. The Balaban J connectivity index is 1.50. The minimum atomic E-state index is -2.80. The van der Waals surface area contributed by atoms with Gasteiger partial charge in [-0.3, -0.25) is 9.59 Å². The monoisotopic (exact) mass is 514 g/mol. The molecule has 4 aliphatic heterocycles. The lowest BCUT2D eigenvalue weighted by Crippen LogP contribution is -2.83. The Bertz CT molecular complexity index is 1230. The average molecular weight is 515 g/mol. The highest BCUT2D eigenvalue weighted by molar-refractivity contribution is 6.99. The standard InChI is InChI=1S/C31H38N2O3Si/c1-28(2,3)37(22-13-8-6-9-14-22,23-15-10-7-11-16-23)36-25-17-19-31-24(29(25,4)5)21-30(26(34)32-31)18-12-20-33(30)27(31)35/h6-11,13-17,19,24-25H,12,18,20-21H2,1-5H3,(H,32,34). The van der Waals surface area contributed by atoms with Crippen molar-refractivity contribution in [2.45, 2.75) is 76.1 Å². The average Bonchev–Trinajstić information content (AvgIpc) is 3.31. The molecule has 1 N–H and O–H groups in total. The van der Waals surface area contributed by atoms with Gasteiger partial charge in [0.15, 0.2) is 0 Å². The molecule has 2 spiro atoms. The van der Waals surface area contributed by atoms with Gasteiger partial charge in [-0.1, -0.05) is 107 Å². The molecule has 4 fully saturated rings. The van der Waals surface area contributed by atoms with Crippen LogP contribution >= 0.6 is 0 Å². The van der Waals surface area contributed by atoms with Crippen molar-refractivity contribution in [1.82, 2.24) is 10.2 Å². The minimum absolute atomic E-state index is 0.0210. The fourth-order valence-corrected chi connectivity index (χ4v) is 12.6. The number of hydrogen-bond acceptors (Lipinski definition) is 3. The van der Waals surface area contributed by atoms with Crippen LogP contribution < -0.4 is 15.7 Å². The predicted molar refractivity (Wildman–Crippen MR) is 148 cm³/mol. The zero-order valence-corrected chi connectivity index (χ0v) is 23.6. The fourth-order valence-electron chi connectivity index (χ4n) is 7.87. The van der Waals surface area contributed by atoms with E-state index in [-0.39, 0.29) is 34.3 Å². The van der Waals surface area contributed by atoms with Gasteiger partial charge in [0, 0.05) is 12.5 Å². The summed E-state index contributed by atoms with van der Waals surface area (Å²) in [5, 5.41) is 5.55. The van der Waals surface area contributed by atoms with Crippen LogP contribution in [0.15, 0.2) is 72.8 Å². The summed E-state index contributed by atoms with van der Waals surface area (Å²) < 4.78 is 7.57. The first-order valence-electron chi connectivity index (χ1n) is 13.6. The van der Waals surface area contributed by atoms with Gasteiger partial charge < -0.3 is 14.6 Å². The number of rotatable bonds is 4. The van der Waals surface area contributed by atoms with Gasteiger partial charge in [-0.2, -0.15) is 0 Å². The first kappa shape index (κ1) is 24.6. The molecular weight excluding hydrogens is 476 g/mol. The molecular formula is C31H38N2O3Si. The molecule has 0 saturated carbocycles. The van der Waals surface area contributed by atoms with Crippen molar-refractivity contribution in [2.24, 2.45) is 11.3 Å². The van der Waals surface area contributed by atoms with Gasteiger partial charge in [0.25, 0.3) is 14.2 Å². The van der Waals surface area contributed by atoms with Crippen molar-refractivity contribution in [2.75, 3.05) is 6.54 Å². The molecule has 4 unspecified atom stereocenters. The molecule has 2 bridgehead atoms. The van der Waals surface area contributed by atoms with Gasteiger partial charge in [-0.25, -0.2) is 0 Å². The second kappa shape index (κ2) is 7.90. The zero-order valence-electron chi connectivity index (χ0n) is 22.6. The number of nitrogens with zero attached hydrogens (tertiary/aromatic N) is 1. The van der Waals surface area contributed by atoms with E-state index in [0.717, 1.165) is 12.8 Å². The third-order valence-corrected chi connectivity index (χ3v) is 14.8. The Labute approximate surface area is 221 Å². The molecule has 194 valence electrons. The summed E-state index contributed by atoms with van der Waals surface area (Å²) in [5.41, 5.74) is -2.04. The molecule has 2 amide bonds. The number of nitrogens with one attached hydrogen (secondary N) is 1. The maximum atomic E-state index is 13.9. The highest BCUT2D eigenvalue weighted by atomic mass is 28.4. The lowest BCUT2D eigenvalue weighted by Gasteiger charge is -2.64. The fraction of sp³-hybridized carbons (Fsp3) is 0.484. The largest absolute Gasteiger partial charge is 0.401 e. The van der Waals surface area contributed by atoms with Crippen molar-refractivity contribution < 1.29 is 14.0 Å². The van der Waals surface area contributed by atoms with E-state index in [9.17, 15) is 9.59 Å². The van der Waals surface area contributed by atoms with E-state index >= 15 is 0 Å². The van der Waals surface area contributed by atoms with Gasteiger partial charge in [-0.05, 0) is 40.1 Å². The third kappa shape index (κ3) is 3.12. The highest BCUT2D eigenvalue weighted by Crippen LogP contribution is 2.58. The van der Waals surface area contributed by atoms with Crippen LogP contribution in [0.2, 0.25) is 5.04 Å². The number of carbonyl (C=O) groups is 2. The number of fused-ring (bicyclic) bond motifs is 1. The maximum absolute atomic E-state index is 13.9. The number of carbonyl (C=O) groups excluding carboxylic acids is 2. The van der Waals surface area contributed by atoms with Crippen molar-refractivity contribution in [3.8, 4) is 0 Å². The molecule has 5 aliphatic rings. The number of hydrogen-bond donors (Lipinski definition) is 1. The minimum Gasteiger partial charge on any atom is -0.401 e. The molecule has 7 rings (SSSR count). The number of benzene rings is 2. The van der Waals surface area contributed by atoms with Gasteiger partial charge in [0.1, 0.15) is 11.1 Å². The van der Waals surface area contributed by atoms with Crippen LogP contribution in [0.25, 0.3) is 0 Å². The van der Waals surface area contributed by atoms with Gasteiger partial charge in [0.2, 0.25) is 5.91 Å². The van der Waals surface area contributed by atoms with Crippen LogP contribution in [0.4, 0.5) is 0 Å². The smallest absolute Gasteiger partial charge is 0.261 e. The van der Waals surface area contributed by atoms with Crippen molar-refractivity contribution in [3.05, 3.63) is 72.8 Å². The van der Waals surface area contributed by atoms with Gasteiger partial charge in [-0.15, -0.1) is 0 Å². The Morgan fingerprint density at radius 3 is 2.14 bits per heavy atom. The van der Waals surface area contributed by atoms with Crippen molar-refractivity contribution in [1.29, 1.82) is 0 Å². The molecule has 37 heavy (non-hydrogen) atoms. The van der Waals surface area contributed by atoms with E-state index in [0.29, 0.717) is 13.0 Å². The van der Waals surface area contributed by atoms with Crippen LogP contribution in [0, 0.1) is 11.3 Å². The van der Waals surface area contributed by atoms with Crippen LogP contribution in [-0.4, -0.2) is 48.8 Å². The quantitative estimate of drug-likeness (QED) is 0.499. The van der Waals surface area contributed by atoms with Crippen LogP contribution in [0.5, 0.6) is 0 Å². The molecule has 2 aromatic carbocycles.